The van der Waals surface area contributed by atoms with E-state index in [4.69, 9.17) is 11.6 Å². The average molecular weight is 318 g/mol. The number of aliphatic hydroxyl groups excluding tert-OH is 1. The topological polar surface area (TPSA) is 49.3 Å². The zero-order chi connectivity index (χ0) is 15.8. The van der Waals surface area contributed by atoms with Gasteiger partial charge in [-0.15, -0.1) is 0 Å². The van der Waals surface area contributed by atoms with Crippen LogP contribution in [-0.4, -0.2) is 17.6 Å². The summed E-state index contributed by atoms with van der Waals surface area (Å²) < 4.78 is 0. The summed E-state index contributed by atoms with van der Waals surface area (Å²) in [4.78, 5) is 11.8. The zero-order valence-corrected chi connectivity index (χ0v) is 13.1. The van der Waals surface area contributed by atoms with Gasteiger partial charge in [0.2, 0.25) is 5.91 Å². The van der Waals surface area contributed by atoms with E-state index in [-0.39, 0.29) is 5.91 Å². The molecule has 0 aliphatic rings. The quantitative estimate of drug-likeness (QED) is 0.821. The Balaban J connectivity index is 1.69. The van der Waals surface area contributed by atoms with Crippen LogP contribution in [-0.2, 0) is 11.2 Å². The van der Waals surface area contributed by atoms with E-state index in [0.717, 1.165) is 11.1 Å². The molecule has 0 bridgehead atoms. The molecule has 3 nitrogen and oxygen atoms in total. The van der Waals surface area contributed by atoms with Crippen LogP contribution < -0.4 is 5.32 Å². The molecule has 22 heavy (non-hydrogen) atoms. The lowest BCUT2D eigenvalue weighted by Crippen LogP contribution is -2.25. The van der Waals surface area contributed by atoms with Crippen LogP contribution in [0.3, 0.4) is 0 Å². The third-order valence-corrected chi connectivity index (χ3v) is 3.87. The predicted molar refractivity (Wildman–Crippen MR) is 88.8 cm³/mol. The van der Waals surface area contributed by atoms with Crippen LogP contribution in [0.5, 0.6) is 0 Å². The fourth-order valence-electron chi connectivity index (χ4n) is 2.23. The Hall–Kier alpha value is -1.84. The lowest BCUT2D eigenvalue weighted by atomic mass is 10.1. The highest BCUT2D eigenvalue weighted by Gasteiger charge is 2.08. The van der Waals surface area contributed by atoms with Crippen molar-refractivity contribution in [1.82, 2.24) is 5.32 Å². The standard InChI is InChI=1S/C18H20ClNO2/c19-16-9-5-4-6-14(16)10-11-18(22)20-13-12-17(21)15-7-2-1-3-8-15/h1-9,17,21H,10-13H2,(H,20,22). The number of carbonyl (C=O) groups is 1. The fourth-order valence-corrected chi connectivity index (χ4v) is 2.46. The van der Waals surface area contributed by atoms with Gasteiger partial charge in [0, 0.05) is 18.0 Å². The largest absolute Gasteiger partial charge is 0.388 e. The summed E-state index contributed by atoms with van der Waals surface area (Å²) in [6.45, 7) is 0.456. The van der Waals surface area contributed by atoms with E-state index in [2.05, 4.69) is 5.32 Å². The molecule has 0 heterocycles. The molecular formula is C18H20ClNO2. The summed E-state index contributed by atoms with van der Waals surface area (Å²) in [7, 11) is 0. The number of hydrogen-bond donors (Lipinski definition) is 2. The lowest BCUT2D eigenvalue weighted by molar-refractivity contribution is -0.121. The molecule has 0 aliphatic heterocycles. The van der Waals surface area contributed by atoms with Crippen molar-refractivity contribution in [3.05, 3.63) is 70.7 Å². The van der Waals surface area contributed by atoms with Crippen LogP contribution in [0.15, 0.2) is 54.6 Å². The summed E-state index contributed by atoms with van der Waals surface area (Å²) in [6, 6.07) is 17.0. The maximum absolute atomic E-state index is 11.8. The molecule has 0 spiro atoms. The Morgan fingerprint density at radius 2 is 1.77 bits per heavy atom. The van der Waals surface area contributed by atoms with E-state index in [0.29, 0.717) is 30.8 Å². The van der Waals surface area contributed by atoms with Crippen LogP contribution in [0.2, 0.25) is 5.02 Å². The highest BCUT2D eigenvalue weighted by molar-refractivity contribution is 6.31. The summed E-state index contributed by atoms with van der Waals surface area (Å²) in [5, 5.41) is 13.5. The van der Waals surface area contributed by atoms with Gasteiger partial charge in [-0.25, -0.2) is 0 Å². The minimum atomic E-state index is -0.551. The number of benzene rings is 2. The number of nitrogens with one attached hydrogen (secondary N) is 1. The van der Waals surface area contributed by atoms with E-state index in [9.17, 15) is 9.90 Å². The first-order chi connectivity index (χ1) is 10.7. The molecule has 116 valence electrons. The molecule has 0 aromatic heterocycles. The van der Waals surface area contributed by atoms with Gasteiger partial charge in [-0.05, 0) is 30.0 Å². The molecule has 2 rings (SSSR count). The molecule has 0 saturated carbocycles. The Morgan fingerprint density at radius 1 is 1.09 bits per heavy atom. The van der Waals surface area contributed by atoms with E-state index >= 15 is 0 Å². The Bertz CT molecular complexity index is 601. The lowest BCUT2D eigenvalue weighted by Gasteiger charge is -2.11. The highest BCUT2D eigenvalue weighted by atomic mass is 35.5. The maximum Gasteiger partial charge on any atom is 0.220 e. The third-order valence-electron chi connectivity index (χ3n) is 3.50. The van der Waals surface area contributed by atoms with Crippen molar-refractivity contribution in [3.8, 4) is 0 Å². The summed E-state index contributed by atoms with van der Waals surface area (Å²) in [5.41, 5.74) is 1.84. The number of aliphatic hydroxyl groups is 1. The number of rotatable bonds is 7. The van der Waals surface area contributed by atoms with E-state index in [1.54, 1.807) is 0 Å². The number of carbonyl (C=O) groups excluding carboxylic acids is 1. The summed E-state index contributed by atoms with van der Waals surface area (Å²) in [6.07, 6.45) is 0.963. The first-order valence-electron chi connectivity index (χ1n) is 7.40. The van der Waals surface area contributed by atoms with Gasteiger partial charge < -0.3 is 10.4 Å². The minimum Gasteiger partial charge on any atom is -0.388 e. The smallest absolute Gasteiger partial charge is 0.220 e. The molecule has 2 N–H and O–H groups in total. The molecule has 2 aromatic carbocycles. The number of hydrogen-bond acceptors (Lipinski definition) is 2. The normalized spacial score (nSPS) is 11.9. The number of aryl methyl sites for hydroxylation is 1. The van der Waals surface area contributed by atoms with Gasteiger partial charge in [-0.2, -0.15) is 0 Å². The number of halogens is 1. The monoisotopic (exact) mass is 317 g/mol. The second-order valence-corrected chi connectivity index (χ2v) is 5.56. The van der Waals surface area contributed by atoms with Crippen molar-refractivity contribution in [1.29, 1.82) is 0 Å². The van der Waals surface area contributed by atoms with Gasteiger partial charge in [0.15, 0.2) is 0 Å². The predicted octanol–water partition coefficient (Wildman–Crippen LogP) is 3.51. The molecule has 1 unspecified atom stereocenters. The van der Waals surface area contributed by atoms with Crippen molar-refractivity contribution in [2.75, 3.05) is 6.54 Å². The van der Waals surface area contributed by atoms with Gasteiger partial charge in [0.1, 0.15) is 0 Å². The van der Waals surface area contributed by atoms with Crippen molar-refractivity contribution < 1.29 is 9.90 Å². The molecule has 1 atom stereocenters. The second kappa shape index (κ2) is 8.57. The van der Waals surface area contributed by atoms with Crippen LogP contribution in [0.25, 0.3) is 0 Å². The minimum absolute atomic E-state index is 0.0276. The maximum atomic E-state index is 11.8. The Morgan fingerprint density at radius 3 is 2.50 bits per heavy atom. The Kier molecular flexibility index (Phi) is 6.44. The zero-order valence-electron chi connectivity index (χ0n) is 12.3. The molecule has 4 heteroatoms. The van der Waals surface area contributed by atoms with Crippen LogP contribution in [0.1, 0.15) is 30.1 Å². The molecule has 0 fully saturated rings. The van der Waals surface area contributed by atoms with Gasteiger partial charge >= 0.3 is 0 Å². The van der Waals surface area contributed by atoms with Gasteiger partial charge in [0.25, 0.3) is 0 Å². The first kappa shape index (κ1) is 16.5. The van der Waals surface area contributed by atoms with Crippen molar-refractivity contribution in [2.24, 2.45) is 0 Å². The molecule has 0 radical (unpaired) electrons. The second-order valence-electron chi connectivity index (χ2n) is 5.16. The molecule has 2 aromatic rings. The van der Waals surface area contributed by atoms with Crippen LogP contribution in [0, 0.1) is 0 Å². The SMILES string of the molecule is O=C(CCc1ccccc1Cl)NCCC(O)c1ccccc1. The third kappa shape index (κ3) is 5.17. The van der Waals surface area contributed by atoms with Crippen molar-refractivity contribution in [2.45, 2.75) is 25.4 Å². The first-order valence-corrected chi connectivity index (χ1v) is 7.77. The molecule has 0 saturated heterocycles. The Labute approximate surface area is 135 Å². The summed E-state index contributed by atoms with van der Waals surface area (Å²) >= 11 is 6.06. The highest BCUT2D eigenvalue weighted by Crippen LogP contribution is 2.17. The van der Waals surface area contributed by atoms with Crippen molar-refractivity contribution >= 4 is 17.5 Å². The summed E-state index contributed by atoms with van der Waals surface area (Å²) in [5.74, 6) is -0.0276. The van der Waals surface area contributed by atoms with Gasteiger partial charge in [-0.3, -0.25) is 4.79 Å². The average Bonchev–Trinajstić information content (AvgIpc) is 2.55. The molecule has 0 aliphatic carbocycles. The fraction of sp³-hybridized carbons (Fsp3) is 0.278. The van der Waals surface area contributed by atoms with Gasteiger partial charge in [0.05, 0.1) is 6.10 Å². The van der Waals surface area contributed by atoms with E-state index < -0.39 is 6.10 Å². The molecular weight excluding hydrogens is 298 g/mol. The van der Waals surface area contributed by atoms with Crippen molar-refractivity contribution in [3.63, 3.8) is 0 Å². The van der Waals surface area contributed by atoms with Crippen LogP contribution in [0.4, 0.5) is 0 Å². The number of amides is 1. The van der Waals surface area contributed by atoms with E-state index in [1.807, 2.05) is 54.6 Å². The van der Waals surface area contributed by atoms with E-state index in [1.165, 1.54) is 0 Å². The van der Waals surface area contributed by atoms with Gasteiger partial charge in [-0.1, -0.05) is 60.1 Å². The molecule has 1 amide bonds. The van der Waals surface area contributed by atoms with Crippen LogP contribution >= 0.6 is 11.6 Å².